The summed E-state index contributed by atoms with van der Waals surface area (Å²) in [5.41, 5.74) is 6.38. The van der Waals surface area contributed by atoms with Crippen LogP contribution in [0.1, 0.15) is 0 Å². The maximum atomic E-state index is 6.15. The minimum atomic E-state index is 0.685. The Hall–Kier alpha value is -3.03. The second-order valence-electron chi connectivity index (χ2n) is 6.37. The summed E-state index contributed by atoms with van der Waals surface area (Å²) in [7, 11) is 0. The van der Waals surface area contributed by atoms with Crippen LogP contribution in [0.15, 0.2) is 95.4 Å². The zero-order chi connectivity index (χ0) is 17.5. The summed E-state index contributed by atoms with van der Waals surface area (Å²) in [5, 5.41) is 2.89. The van der Waals surface area contributed by atoms with Crippen LogP contribution in [0.5, 0.6) is 0 Å². The molecule has 0 bridgehead atoms. The Balaban J connectivity index is 1.66. The molecule has 1 nitrogen and oxygen atoms in total. The van der Waals surface area contributed by atoms with Gasteiger partial charge < -0.3 is 4.42 Å². The Bertz CT molecular complexity index is 1220. The Kier molecular flexibility index (Phi) is 3.55. The topological polar surface area (TPSA) is 13.1 Å². The highest BCUT2D eigenvalue weighted by molar-refractivity contribution is 6.31. The first-order valence-corrected chi connectivity index (χ1v) is 8.94. The van der Waals surface area contributed by atoms with Crippen molar-refractivity contribution in [3.63, 3.8) is 0 Å². The maximum absolute atomic E-state index is 6.15. The average Bonchev–Trinajstić information content (AvgIpc) is 3.06. The highest BCUT2D eigenvalue weighted by Gasteiger charge is 2.12. The van der Waals surface area contributed by atoms with Crippen molar-refractivity contribution in [2.75, 3.05) is 0 Å². The largest absolute Gasteiger partial charge is 0.455 e. The van der Waals surface area contributed by atoms with Crippen LogP contribution >= 0.6 is 11.6 Å². The lowest BCUT2D eigenvalue weighted by Crippen LogP contribution is -1.81. The molecular formula is C24H15ClO. The molecule has 5 aromatic rings. The van der Waals surface area contributed by atoms with Gasteiger partial charge in [-0.2, -0.15) is 0 Å². The smallest absolute Gasteiger partial charge is 0.143 e. The van der Waals surface area contributed by atoms with E-state index in [2.05, 4.69) is 66.7 Å². The molecule has 0 radical (unpaired) electrons. The first-order chi connectivity index (χ1) is 12.8. The van der Waals surface area contributed by atoms with Crippen LogP contribution in [0, 0.1) is 0 Å². The van der Waals surface area contributed by atoms with Gasteiger partial charge in [-0.1, -0.05) is 84.4 Å². The van der Waals surface area contributed by atoms with E-state index < -0.39 is 0 Å². The van der Waals surface area contributed by atoms with Crippen LogP contribution in [-0.4, -0.2) is 0 Å². The third-order valence-corrected chi connectivity index (χ3v) is 5.00. The molecule has 1 heterocycles. The summed E-state index contributed by atoms with van der Waals surface area (Å²) in [6, 6.07) is 31.1. The first kappa shape index (κ1) is 15.2. The Morgan fingerprint density at radius 3 is 2.12 bits per heavy atom. The molecule has 1 aromatic heterocycles. The molecule has 0 aliphatic rings. The van der Waals surface area contributed by atoms with Crippen molar-refractivity contribution in [3.05, 3.63) is 96.0 Å². The van der Waals surface area contributed by atoms with Gasteiger partial charge in [0, 0.05) is 27.4 Å². The van der Waals surface area contributed by atoms with Crippen molar-refractivity contribution in [1.29, 1.82) is 0 Å². The van der Waals surface area contributed by atoms with E-state index in [0.29, 0.717) is 5.02 Å². The van der Waals surface area contributed by atoms with E-state index in [0.717, 1.165) is 33.1 Å². The zero-order valence-corrected chi connectivity index (χ0v) is 14.7. The highest BCUT2D eigenvalue weighted by atomic mass is 35.5. The van der Waals surface area contributed by atoms with Gasteiger partial charge >= 0.3 is 0 Å². The molecular weight excluding hydrogens is 340 g/mol. The number of benzene rings is 4. The van der Waals surface area contributed by atoms with Gasteiger partial charge in [0.1, 0.15) is 11.2 Å². The predicted octanol–water partition coefficient (Wildman–Crippen LogP) is 7.57. The first-order valence-electron chi connectivity index (χ1n) is 8.56. The van der Waals surface area contributed by atoms with Crippen molar-refractivity contribution in [2.24, 2.45) is 0 Å². The molecule has 0 aliphatic heterocycles. The number of para-hydroxylation sites is 1. The molecule has 0 aliphatic carbocycles. The molecule has 4 aromatic carbocycles. The summed E-state index contributed by atoms with van der Waals surface area (Å²) in [6.45, 7) is 0. The number of fused-ring (bicyclic) bond motifs is 3. The number of furan rings is 1. The van der Waals surface area contributed by atoms with Gasteiger partial charge in [0.15, 0.2) is 0 Å². The molecule has 0 saturated heterocycles. The van der Waals surface area contributed by atoms with E-state index >= 15 is 0 Å². The molecule has 0 atom stereocenters. The van der Waals surface area contributed by atoms with Crippen LogP contribution in [0.25, 0.3) is 44.2 Å². The van der Waals surface area contributed by atoms with E-state index in [1.54, 1.807) is 0 Å². The van der Waals surface area contributed by atoms with Crippen LogP contribution < -0.4 is 0 Å². The fourth-order valence-electron chi connectivity index (χ4n) is 3.47. The standard InChI is InChI=1S/C24H15ClO/c25-19-13-14-21-22-8-4-7-20(24(22)26-23(21)15-19)18-11-9-17(10-12-18)16-5-2-1-3-6-16/h1-15H. The molecule has 26 heavy (non-hydrogen) atoms. The minimum absolute atomic E-state index is 0.685. The highest BCUT2D eigenvalue weighted by Crippen LogP contribution is 2.37. The molecule has 0 unspecified atom stereocenters. The number of halogens is 1. The van der Waals surface area contributed by atoms with Crippen molar-refractivity contribution < 1.29 is 4.42 Å². The third-order valence-electron chi connectivity index (χ3n) is 4.76. The molecule has 0 spiro atoms. The summed E-state index contributed by atoms with van der Waals surface area (Å²) in [4.78, 5) is 0. The van der Waals surface area contributed by atoms with Gasteiger partial charge in [-0.05, 0) is 28.8 Å². The Morgan fingerprint density at radius 2 is 1.31 bits per heavy atom. The summed E-state index contributed by atoms with van der Waals surface area (Å²) >= 11 is 6.12. The lowest BCUT2D eigenvalue weighted by molar-refractivity contribution is 0.670. The SMILES string of the molecule is Clc1ccc2c(c1)oc1c(-c3ccc(-c4ccccc4)cc3)cccc12. The van der Waals surface area contributed by atoms with Crippen LogP contribution in [-0.2, 0) is 0 Å². The van der Waals surface area contributed by atoms with Crippen LogP contribution in [0.3, 0.4) is 0 Å². The van der Waals surface area contributed by atoms with E-state index in [4.69, 9.17) is 16.0 Å². The van der Waals surface area contributed by atoms with E-state index in [9.17, 15) is 0 Å². The van der Waals surface area contributed by atoms with Crippen molar-refractivity contribution in [1.82, 2.24) is 0 Å². The lowest BCUT2D eigenvalue weighted by Gasteiger charge is -2.05. The molecule has 0 fully saturated rings. The van der Waals surface area contributed by atoms with Crippen molar-refractivity contribution in [2.45, 2.75) is 0 Å². The van der Waals surface area contributed by atoms with Crippen LogP contribution in [0.4, 0.5) is 0 Å². The fraction of sp³-hybridized carbons (Fsp3) is 0. The van der Waals surface area contributed by atoms with Gasteiger partial charge in [-0.3, -0.25) is 0 Å². The molecule has 0 saturated carbocycles. The van der Waals surface area contributed by atoms with Gasteiger partial charge in [-0.25, -0.2) is 0 Å². The third kappa shape index (κ3) is 2.49. The van der Waals surface area contributed by atoms with E-state index in [1.165, 1.54) is 11.1 Å². The van der Waals surface area contributed by atoms with E-state index in [-0.39, 0.29) is 0 Å². The van der Waals surface area contributed by atoms with Gasteiger partial charge in [0.2, 0.25) is 0 Å². The predicted molar refractivity (Wildman–Crippen MR) is 110 cm³/mol. The van der Waals surface area contributed by atoms with Gasteiger partial charge in [0.05, 0.1) is 0 Å². The molecule has 0 N–H and O–H groups in total. The lowest BCUT2D eigenvalue weighted by atomic mass is 9.99. The van der Waals surface area contributed by atoms with Crippen molar-refractivity contribution in [3.8, 4) is 22.3 Å². The molecule has 2 heteroatoms. The summed E-state index contributed by atoms with van der Waals surface area (Å²) < 4.78 is 6.15. The monoisotopic (exact) mass is 354 g/mol. The Morgan fingerprint density at radius 1 is 0.577 bits per heavy atom. The van der Waals surface area contributed by atoms with Crippen LogP contribution in [0.2, 0.25) is 5.02 Å². The average molecular weight is 355 g/mol. The number of hydrogen-bond acceptors (Lipinski definition) is 1. The summed E-state index contributed by atoms with van der Waals surface area (Å²) in [5.74, 6) is 0. The normalized spacial score (nSPS) is 11.3. The fourth-order valence-corrected chi connectivity index (χ4v) is 3.63. The number of hydrogen-bond donors (Lipinski definition) is 0. The zero-order valence-electron chi connectivity index (χ0n) is 13.9. The molecule has 0 amide bonds. The second kappa shape index (κ2) is 6.05. The second-order valence-corrected chi connectivity index (χ2v) is 6.80. The van der Waals surface area contributed by atoms with E-state index in [1.807, 2.05) is 24.3 Å². The van der Waals surface area contributed by atoms with Gasteiger partial charge in [-0.15, -0.1) is 0 Å². The van der Waals surface area contributed by atoms with Gasteiger partial charge in [0.25, 0.3) is 0 Å². The summed E-state index contributed by atoms with van der Waals surface area (Å²) in [6.07, 6.45) is 0. The van der Waals surface area contributed by atoms with Crippen molar-refractivity contribution >= 4 is 33.5 Å². The molecule has 124 valence electrons. The molecule has 5 rings (SSSR count). The minimum Gasteiger partial charge on any atom is -0.455 e. The maximum Gasteiger partial charge on any atom is 0.143 e. The Labute approximate surface area is 156 Å². The number of rotatable bonds is 2. The quantitative estimate of drug-likeness (QED) is 0.318.